The van der Waals surface area contributed by atoms with Gasteiger partial charge < -0.3 is 99.8 Å². The van der Waals surface area contributed by atoms with E-state index in [9.17, 15) is 10.6 Å². The lowest BCUT2D eigenvalue weighted by Crippen LogP contribution is -2.62. The Kier molecular flexibility index (Phi) is 32.7. The molecular weight excluding hydrogens is 1520 g/mol. The van der Waals surface area contributed by atoms with Crippen LogP contribution in [0.25, 0.3) is 20.9 Å². The highest BCUT2D eigenvalue weighted by molar-refractivity contribution is 5.69. The molecule has 14 rings (SSSR count). The number of aliphatic hydroxyl groups excluding tert-OH is 1. The molecule has 6 aromatic rings. The van der Waals surface area contributed by atoms with Gasteiger partial charge in [-0.05, 0) is 112 Å². The first-order valence-corrected chi connectivity index (χ1v) is 41.3. The average molecular weight is 1630 g/mol. The molecule has 8 aliphatic rings. The van der Waals surface area contributed by atoms with Crippen LogP contribution in [0, 0.1) is 29.1 Å². The number of azide groups is 2. The van der Waals surface area contributed by atoms with Gasteiger partial charge in [0.15, 0.2) is 42.4 Å². The smallest absolute Gasteiger partial charge is 0.230 e. The Balaban J connectivity index is 0.000000181. The lowest BCUT2D eigenvalue weighted by atomic mass is 9.86. The number of nitrogens with zero attached hydrogens (tertiary/aromatic N) is 6. The number of aliphatic hydroxyl groups is 1. The highest BCUT2D eigenvalue weighted by Crippen LogP contribution is 2.45. The van der Waals surface area contributed by atoms with Gasteiger partial charge >= 0.3 is 0 Å². The maximum atomic E-state index is 10.0. The second-order valence-electron chi connectivity index (χ2n) is 32.7. The van der Waals surface area contributed by atoms with E-state index in [0.717, 1.165) is 33.4 Å². The van der Waals surface area contributed by atoms with Gasteiger partial charge in [0.2, 0.25) is 6.29 Å². The van der Waals surface area contributed by atoms with Crippen molar-refractivity contribution < 1.29 is 99.8 Å². The van der Waals surface area contributed by atoms with Crippen molar-refractivity contribution >= 4 is 5.90 Å². The van der Waals surface area contributed by atoms with Crippen LogP contribution >= 0.6 is 0 Å². The van der Waals surface area contributed by atoms with Gasteiger partial charge in [0.05, 0.1) is 139 Å². The van der Waals surface area contributed by atoms with Crippen molar-refractivity contribution in [2.45, 2.75) is 288 Å². The molecule has 28 nitrogen and oxygen atoms in total. The number of fused-ring (bicyclic) bond motifs is 2. The van der Waals surface area contributed by atoms with E-state index in [-0.39, 0.29) is 85.5 Å². The number of hydrogen-bond donors (Lipinski definition) is 2. The van der Waals surface area contributed by atoms with Gasteiger partial charge in [-0.1, -0.05) is 220 Å². The summed E-state index contributed by atoms with van der Waals surface area (Å²) in [5, 5.41) is 25.7. The fraction of sp³-hybridized carbons (Fsp3) is 0.589. The largest absolute Gasteiger partial charge is 0.450 e. The van der Waals surface area contributed by atoms with Crippen LogP contribution in [0.5, 0.6) is 0 Å². The molecule has 16 unspecified atom stereocenters. The van der Waals surface area contributed by atoms with E-state index < -0.39 is 116 Å². The molecule has 0 amide bonds. The summed E-state index contributed by atoms with van der Waals surface area (Å²) in [5.41, 5.74) is 24.7. The summed E-state index contributed by atoms with van der Waals surface area (Å²) < 4.78 is 126. The van der Waals surface area contributed by atoms with Crippen molar-refractivity contribution in [2.75, 3.05) is 26.4 Å². The molecule has 8 aliphatic heterocycles. The summed E-state index contributed by atoms with van der Waals surface area (Å²) >= 11 is 0. The summed E-state index contributed by atoms with van der Waals surface area (Å²) in [6.07, 6.45) is -10.6. The first-order chi connectivity index (χ1) is 56.9. The van der Waals surface area contributed by atoms with Crippen LogP contribution in [0.2, 0.25) is 0 Å². The number of nitrogens with one attached hydrogen (secondary N) is 1. The minimum Gasteiger partial charge on any atom is -0.450 e. The summed E-state index contributed by atoms with van der Waals surface area (Å²) in [4.78, 5) is 6.03. The molecule has 0 aromatic heterocycles. The predicted octanol–water partition coefficient (Wildman–Crippen LogP) is 15.0. The minimum absolute atomic E-state index is 0.0489. The monoisotopic (exact) mass is 1630 g/mol. The van der Waals surface area contributed by atoms with Crippen LogP contribution in [0.15, 0.2) is 192 Å². The van der Waals surface area contributed by atoms with E-state index in [1.54, 1.807) is 6.92 Å². The molecule has 0 saturated carbocycles. The van der Waals surface area contributed by atoms with Crippen LogP contribution in [-0.2, 0) is 134 Å². The van der Waals surface area contributed by atoms with E-state index in [2.05, 4.69) is 46.0 Å². The second kappa shape index (κ2) is 42.9. The molecule has 8 fully saturated rings. The zero-order valence-corrected chi connectivity index (χ0v) is 69.9. The Morgan fingerprint density at radius 2 is 0.720 bits per heavy atom. The van der Waals surface area contributed by atoms with Crippen LogP contribution < -0.4 is 0 Å². The third-order valence-electron chi connectivity index (χ3n) is 22.7. The Bertz CT molecular complexity index is 4090. The van der Waals surface area contributed by atoms with E-state index in [0.29, 0.717) is 52.9 Å². The van der Waals surface area contributed by atoms with E-state index >= 15 is 0 Å². The van der Waals surface area contributed by atoms with Gasteiger partial charge in [-0.3, -0.25) is 5.41 Å². The summed E-state index contributed by atoms with van der Waals surface area (Å²) in [6.45, 7) is 28.5. The molecule has 0 aliphatic carbocycles. The molecule has 8 heterocycles. The maximum absolute atomic E-state index is 10.0. The zero-order chi connectivity index (χ0) is 83.5. The van der Waals surface area contributed by atoms with Gasteiger partial charge in [0, 0.05) is 28.6 Å². The van der Waals surface area contributed by atoms with E-state index in [4.69, 9.17) is 106 Å². The van der Waals surface area contributed by atoms with Gasteiger partial charge in [-0.25, -0.2) is 0 Å². The van der Waals surface area contributed by atoms with E-state index in [1.165, 1.54) is 0 Å². The first kappa shape index (κ1) is 89.9. The topological polar surface area (TPSA) is 326 Å². The number of rotatable bonds is 29. The van der Waals surface area contributed by atoms with Crippen molar-refractivity contribution in [1.29, 1.82) is 5.41 Å². The predicted molar refractivity (Wildman–Crippen MR) is 434 cm³/mol. The van der Waals surface area contributed by atoms with Crippen molar-refractivity contribution in [1.82, 2.24) is 0 Å². The Hall–Kier alpha value is -7.39. The number of benzene rings is 6. The lowest BCUT2D eigenvalue weighted by molar-refractivity contribution is -0.340. The molecule has 8 saturated heterocycles. The standard InChI is InChI=1S/C44H57N3O10.C31H41NO8.C15H21N3O3/c1-27-36(46-47-45)34(25-48-22-31-16-10-7-11-17-31)52-29(3)37(27)54-43-41-40(56-44(5,6)57-41)39(30(4)53-43)55-42-28(2)38(50-24-33-20-14-9-15-21-33)35(26-51-42)49-23-32-18-12-8-13-19-32;1-19-25(34-17-23-14-10-7-11-15-23)24(33-16-22-12-8-6-9-13-22)18-35-29(19)38-26-20(2)36-30(37-21(3)32)28-27(26)39-31(4,5)40-28;1-10-14(17-18-16)13(21-11(2)15(10)19)9-20-8-12-6-4-3-5-7-12/h7-21,27-30,34-43H,22-26H2,1-6H3;6-15,19-20,24-30,32H,16-18H2,1-5H3;3-7,10-11,13-15,19H,8-9H2,1-2H3/t27?,28?,29-,30?,34?,35+,36+,37?,38?,39-,40?,41?,42-,43-;19?,20?,24-,25?,26+,27?,28?,29+,30+;10?,11-,13?,14+,15?/m010/s1. The second-order valence-corrected chi connectivity index (χ2v) is 32.7. The Labute approximate surface area is 692 Å². The van der Waals surface area contributed by atoms with Crippen molar-refractivity contribution in [3.63, 3.8) is 0 Å². The average Bonchev–Trinajstić information content (AvgIpc) is 1.63. The third kappa shape index (κ3) is 24.1. The number of hydrogen-bond acceptors (Lipinski definition) is 24. The lowest BCUT2D eigenvalue weighted by Gasteiger charge is -2.48. The summed E-state index contributed by atoms with van der Waals surface area (Å²) in [6, 6.07) is 59.2. The van der Waals surface area contributed by atoms with Gasteiger partial charge in [-0.2, -0.15) is 0 Å². The van der Waals surface area contributed by atoms with Crippen molar-refractivity contribution in [3.05, 3.63) is 236 Å². The van der Waals surface area contributed by atoms with Crippen LogP contribution in [0.4, 0.5) is 0 Å². The molecule has 640 valence electrons. The highest BCUT2D eigenvalue weighted by Gasteiger charge is 2.60. The maximum Gasteiger partial charge on any atom is 0.230 e. The fourth-order valence-electron chi connectivity index (χ4n) is 16.7. The molecule has 2 N–H and O–H groups in total. The fourth-order valence-corrected chi connectivity index (χ4v) is 16.7. The highest BCUT2D eigenvalue weighted by atomic mass is 16.8. The quantitative estimate of drug-likeness (QED) is 0.0145. The molecule has 28 atom stereocenters. The summed E-state index contributed by atoms with van der Waals surface area (Å²) in [5.74, 6) is -2.48. The Morgan fingerprint density at radius 3 is 1.10 bits per heavy atom. The van der Waals surface area contributed by atoms with Crippen LogP contribution in [-0.4, -0.2) is 196 Å². The van der Waals surface area contributed by atoms with Gasteiger partial charge in [0.25, 0.3) is 0 Å². The molecule has 28 heteroatoms. The van der Waals surface area contributed by atoms with Gasteiger partial charge in [-0.15, -0.1) is 0 Å². The molecule has 0 spiro atoms. The molecule has 6 aromatic carbocycles. The van der Waals surface area contributed by atoms with Crippen LogP contribution in [0.1, 0.15) is 123 Å². The molecule has 0 radical (unpaired) electrons. The first-order valence-electron chi connectivity index (χ1n) is 41.3. The SMILES string of the molecule is CC(=N)O[C@@H]1OC(C)[C@H](O[C@@H]2OC[C@@H](OCc3ccccc3)C(OCc3ccccc3)C2C)C2OC(C)(C)OC21.CC1C(O)[C@H](C)OC(COCc2ccccc2)[C@@H]1N=[N+]=[N-].CC1C(OCc2ccccc2)[C@H](OCc2ccccc2)CO[C@H]1O[C@H]1C(C)O[C@@H](OC2C(C)[C@@H](N=[N+]=[N-])C(COCc3ccccc3)O[C@H]2C)C2OC(C)(C)OC21. The zero-order valence-electron chi connectivity index (χ0n) is 69.9. The van der Waals surface area contributed by atoms with Gasteiger partial charge in [0.1, 0.15) is 42.7 Å². The normalized spacial score (nSPS) is 35.2. The molecule has 0 bridgehead atoms. The van der Waals surface area contributed by atoms with Crippen molar-refractivity contribution in [3.8, 4) is 0 Å². The third-order valence-corrected chi connectivity index (χ3v) is 22.7. The summed E-state index contributed by atoms with van der Waals surface area (Å²) in [7, 11) is 0. The van der Waals surface area contributed by atoms with E-state index in [1.807, 2.05) is 239 Å². The number of ether oxygens (including phenoxy) is 20. The minimum atomic E-state index is -0.933. The van der Waals surface area contributed by atoms with Crippen molar-refractivity contribution in [2.24, 2.45) is 33.9 Å². The van der Waals surface area contributed by atoms with Crippen LogP contribution in [0.3, 0.4) is 0 Å². The Morgan fingerprint density at radius 1 is 0.398 bits per heavy atom. The molecular formula is C90H119N7O21. The molecule has 118 heavy (non-hydrogen) atoms.